The first-order valence-electron chi connectivity index (χ1n) is 3.74. The van der Waals surface area contributed by atoms with Crippen LogP contribution in [0.1, 0.15) is 22.5 Å². The van der Waals surface area contributed by atoms with Crippen molar-refractivity contribution in [1.29, 1.82) is 0 Å². The zero-order valence-corrected chi connectivity index (χ0v) is 8.12. The lowest BCUT2D eigenvalue weighted by atomic mass is 10.2. The number of nitro groups is 1. The number of carbonyl (C=O) groups is 1. The van der Waals surface area contributed by atoms with Gasteiger partial charge in [0, 0.05) is 0 Å². The number of hydrogen-bond donors (Lipinski definition) is 1. The van der Waals surface area contributed by atoms with Gasteiger partial charge in [0.2, 0.25) is 0 Å². The van der Waals surface area contributed by atoms with Crippen LogP contribution in [0.3, 0.4) is 0 Å². The highest BCUT2D eigenvalue weighted by molar-refractivity contribution is 6.67. The molecule has 0 aromatic carbocycles. The number of alkyl halides is 2. The Balaban J connectivity index is 3.58. The number of aromatic amines is 1. The highest BCUT2D eigenvalue weighted by Gasteiger charge is 2.27. The Hall–Kier alpha value is -1.83. The Labute approximate surface area is 91.0 Å². The Morgan fingerprint density at radius 1 is 1.56 bits per heavy atom. The van der Waals surface area contributed by atoms with Crippen LogP contribution in [-0.2, 0) is 0 Å². The monoisotopic (exact) mass is 252 g/mol. The van der Waals surface area contributed by atoms with E-state index in [9.17, 15) is 28.5 Å². The Kier molecular flexibility index (Phi) is 3.33. The SMILES string of the molecule is O=C(Cl)c1cc(C(F)F)c([N+](=O)[O-])c(=O)[nH]1. The van der Waals surface area contributed by atoms with Crippen molar-refractivity contribution in [2.24, 2.45) is 0 Å². The standard InChI is InChI=1S/C7H3ClF2N2O4/c8-5(13)3-1-2(6(9)10)4(12(15)16)7(14)11-3/h1,6H,(H,11,14). The van der Waals surface area contributed by atoms with Crippen molar-refractivity contribution in [2.75, 3.05) is 0 Å². The lowest BCUT2D eigenvalue weighted by molar-refractivity contribution is -0.387. The molecule has 0 aliphatic rings. The third-order valence-corrected chi connectivity index (χ3v) is 1.87. The first kappa shape index (κ1) is 12.2. The minimum atomic E-state index is -3.25. The summed E-state index contributed by atoms with van der Waals surface area (Å²) in [4.78, 5) is 32.6. The number of aromatic nitrogens is 1. The summed E-state index contributed by atoms with van der Waals surface area (Å²) in [5, 5.41) is 9.18. The normalized spacial score (nSPS) is 10.5. The molecule has 86 valence electrons. The summed E-state index contributed by atoms with van der Waals surface area (Å²) >= 11 is 4.96. The van der Waals surface area contributed by atoms with E-state index in [0.717, 1.165) is 0 Å². The van der Waals surface area contributed by atoms with Crippen LogP contribution in [0.5, 0.6) is 0 Å². The van der Waals surface area contributed by atoms with E-state index in [-0.39, 0.29) is 0 Å². The van der Waals surface area contributed by atoms with E-state index in [1.165, 1.54) is 0 Å². The van der Waals surface area contributed by atoms with Gasteiger partial charge in [-0.3, -0.25) is 19.7 Å². The smallest absolute Gasteiger partial charge is 0.312 e. The van der Waals surface area contributed by atoms with E-state index < -0.39 is 39.1 Å². The molecule has 0 radical (unpaired) electrons. The van der Waals surface area contributed by atoms with Crippen LogP contribution in [0, 0.1) is 10.1 Å². The van der Waals surface area contributed by atoms with Gasteiger partial charge in [0.05, 0.1) is 4.92 Å². The summed E-state index contributed by atoms with van der Waals surface area (Å²) in [5.74, 6) is 0. The molecule has 1 N–H and O–H groups in total. The molecular formula is C7H3ClF2N2O4. The van der Waals surface area contributed by atoms with Gasteiger partial charge in [-0.1, -0.05) is 0 Å². The van der Waals surface area contributed by atoms with E-state index in [1.54, 1.807) is 4.98 Å². The van der Waals surface area contributed by atoms with Crippen LogP contribution >= 0.6 is 11.6 Å². The second-order valence-electron chi connectivity index (χ2n) is 2.65. The molecule has 1 aromatic rings. The van der Waals surface area contributed by atoms with Gasteiger partial charge in [0.25, 0.3) is 11.7 Å². The maximum atomic E-state index is 12.4. The molecule has 0 bridgehead atoms. The number of hydrogen-bond acceptors (Lipinski definition) is 4. The second-order valence-corrected chi connectivity index (χ2v) is 2.99. The maximum Gasteiger partial charge on any atom is 0.342 e. The molecule has 1 rings (SSSR count). The molecule has 0 fully saturated rings. The average molecular weight is 253 g/mol. The van der Waals surface area contributed by atoms with Gasteiger partial charge in [-0.2, -0.15) is 0 Å². The fourth-order valence-corrected chi connectivity index (χ4v) is 1.13. The van der Waals surface area contributed by atoms with Crippen LogP contribution in [0.25, 0.3) is 0 Å². The quantitative estimate of drug-likeness (QED) is 0.502. The third kappa shape index (κ3) is 2.22. The molecule has 1 aromatic heterocycles. The predicted octanol–water partition coefficient (Wildman–Crippen LogP) is 1.60. The number of halogens is 3. The van der Waals surface area contributed by atoms with Crippen LogP contribution in [-0.4, -0.2) is 15.1 Å². The number of pyridine rings is 1. The Morgan fingerprint density at radius 3 is 2.50 bits per heavy atom. The van der Waals surface area contributed by atoms with Gasteiger partial charge < -0.3 is 4.98 Å². The van der Waals surface area contributed by atoms with Crippen LogP contribution in [0.4, 0.5) is 14.5 Å². The van der Waals surface area contributed by atoms with E-state index in [4.69, 9.17) is 11.6 Å². The molecule has 0 amide bonds. The van der Waals surface area contributed by atoms with E-state index in [2.05, 4.69) is 0 Å². The number of nitrogens with zero attached hydrogens (tertiary/aromatic N) is 1. The van der Waals surface area contributed by atoms with E-state index >= 15 is 0 Å². The highest BCUT2D eigenvalue weighted by Crippen LogP contribution is 2.26. The van der Waals surface area contributed by atoms with Crippen molar-refractivity contribution in [3.8, 4) is 0 Å². The number of rotatable bonds is 3. The van der Waals surface area contributed by atoms with Gasteiger partial charge in [-0.05, 0) is 17.7 Å². The van der Waals surface area contributed by atoms with Crippen molar-refractivity contribution in [2.45, 2.75) is 6.43 Å². The van der Waals surface area contributed by atoms with E-state index in [0.29, 0.717) is 6.07 Å². The fraction of sp³-hybridized carbons (Fsp3) is 0.143. The summed E-state index contributed by atoms with van der Waals surface area (Å²) < 4.78 is 24.8. The lowest BCUT2D eigenvalue weighted by Crippen LogP contribution is -2.17. The molecule has 6 nitrogen and oxygen atoms in total. The Bertz CT molecular complexity index is 514. The largest absolute Gasteiger partial charge is 0.342 e. The molecule has 0 aliphatic carbocycles. The second kappa shape index (κ2) is 4.35. The number of H-pyrrole nitrogens is 1. The lowest BCUT2D eigenvalue weighted by Gasteiger charge is -2.02. The first-order chi connectivity index (χ1) is 7.34. The third-order valence-electron chi connectivity index (χ3n) is 1.67. The highest BCUT2D eigenvalue weighted by atomic mass is 35.5. The predicted molar refractivity (Wildman–Crippen MR) is 48.9 cm³/mol. The molecule has 1 heterocycles. The topological polar surface area (TPSA) is 93.1 Å². The van der Waals surface area contributed by atoms with Crippen molar-refractivity contribution in [1.82, 2.24) is 4.98 Å². The Morgan fingerprint density at radius 2 is 2.12 bits per heavy atom. The molecule has 0 atom stereocenters. The average Bonchev–Trinajstić information content (AvgIpc) is 2.15. The van der Waals surface area contributed by atoms with Crippen LogP contribution in [0.15, 0.2) is 10.9 Å². The maximum absolute atomic E-state index is 12.4. The summed E-state index contributed by atoms with van der Waals surface area (Å²) in [6.45, 7) is 0. The fourth-order valence-electron chi connectivity index (χ4n) is 1.03. The van der Waals surface area contributed by atoms with Crippen LogP contribution < -0.4 is 5.56 Å². The summed E-state index contributed by atoms with van der Waals surface area (Å²) in [7, 11) is 0. The minimum absolute atomic E-state index is 0.486. The number of nitrogens with one attached hydrogen (secondary N) is 1. The molecule has 0 saturated carbocycles. The van der Waals surface area contributed by atoms with Crippen molar-refractivity contribution < 1.29 is 18.5 Å². The van der Waals surface area contributed by atoms with Crippen molar-refractivity contribution >= 4 is 22.5 Å². The zero-order chi connectivity index (χ0) is 12.5. The molecular weight excluding hydrogens is 250 g/mol. The summed E-state index contributed by atoms with van der Waals surface area (Å²) in [5.41, 5.74) is -4.45. The van der Waals surface area contributed by atoms with Crippen molar-refractivity contribution in [3.63, 3.8) is 0 Å². The van der Waals surface area contributed by atoms with Crippen molar-refractivity contribution in [3.05, 3.63) is 37.8 Å². The summed E-state index contributed by atoms with van der Waals surface area (Å²) in [6, 6.07) is 0.486. The zero-order valence-electron chi connectivity index (χ0n) is 7.37. The molecule has 0 aliphatic heterocycles. The summed E-state index contributed by atoms with van der Waals surface area (Å²) in [6.07, 6.45) is -3.25. The molecule has 9 heteroatoms. The van der Waals surface area contributed by atoms with Gasteiger partial charge in [0.1, 0.15) is 11.3 Å². The first-order valence-corrected chi connectivity index (χ1v) is 4.12. The van der Waals surface area contributed by atoms with Gasteiger partial charge in [0.15, 0.2) is 0 Å². The van der Waals surface area contributed by atoms with Gasteiger partial charge in [-0.25, -0.2) is 8.78 Å². The van der Waals surface area contributed by atoms with E-state index in [1.807, 2.05) is 0 Å². The molecule has 0 unspecified atom stereocenters. The number of carbonyl (C=O) groups excluding carboxylic acids is 1. The van der Waals surface area contributed by atoms with Gasteiger partial charge >= 0.3 is 11.2 Å². The van der Waals surface area contributed by atoms with Gasteiger partial charge in [-0.15, -0.1) is 0 Å². The molecule has 0 spiro atoms. The molecule has 16 heavy (non-hydrogen) atoms. The minimum Gasteiger partial charge on any atom is -0.312 e. The van der Waals surface area contributed by atoms with Crippen LogP contribution in [0.2, 0.25) is 0 Å². The molecule has 0 saturated heterocycles.